The summed E-state index contributed by atoms with van der Waals surface area (Å²) >= 11 is 0. The third kappa shape index (κ3) is 5.73. The zero-order valence-corrected chi connectivity index (χ0v) is 13.2. The highest BCUT2D eigenvalue weighted by Gasteiger charge is 2.19. The van der Waals surface area contributed by atoms with Crippen LogP contribution in [-0.4, -0.2) is 54.8 Å². The fourth-order valence-corrected chi connectivity index (χ4v) is 1.91. The Morgan fingerprint density at radius 1 is 1.18 bits per heavy atom. The zero-order chi connectivity index (χ0) is 16.5. The molecule has 0 aromatic heterocycles. The molecular formula is C16H23NO5. The third-order valence-electron chi connectivity index (χ3n) is 3.11. The van der Waals surface area contributed by atoms with Crippen molar-refractivity contribution < 1.29 is 24.2 Å². The largest absolute Gasteiger partial charge is 0.491 e. The molecule has 0 saturated heterocycles. The number of amides is 1. The minimum absolute atomic E-state index is 0.0653. The van der Waals surface area contributed by atoms with Gasteiger partial charge in [0.25, 0.3) is 5.91 Å². The molecule has 6 heteroatoms. The lowest BCUT2D eigenvalue weighted by Crippen LogP contribution is -2.38. The lowest BCUT2D eigenvalue weighted by molar-refractivity contribution is -0.137. The van der Waals surface area contributed by atoms with Crippen LogP contribution in [0, 0.1) is 0 Å². The first kappa shape index (κ1) is 18.0. The van der Waals surface area contributed by atoms with Crippen molar-refractivity contribution in [3.8, 4) is 5.75 Å². The molecule has 122 valence electrons. The predicted molar refractivity (Wildman–Crippen MR) is 82.2 cm³/mol. The van der Waals surface area contributed by atoms with Gasteiger partial charge >= 0.3 is 5.97 Å². The van der Waals surface area contributed by atoms with Gasteiger partial charge in [0.05, 0.1) is 13.0 Å². The average Bonchev–Trinajstić information content (AvgIpc) is 2.47. The Morgan fingerprint density at radius 2 is 1.82 bits per heavy atom. The van der Waals surface area contributed by atoms with Gasteiger partial charge in [-0.3, -0.25) is 9.59 Å². The van der Waals surface area contributed by atoms with Gasteiger partial charge in [0.15, 0.2) is 0 Å². The molecule has 6 nitrogen and oxygen atoms in total. The molecule has 0 saturated carbocycles. The molecule has 1 rings (SSSR count). The summed E-state index contributed by atoms with van der Waals surface area (Å²) in [6.45, 7) is 4.86. The number of carbonyl (C=O) groups is 2. The molecule has 1 aromatic rings. The molecule has 0 unspecified atom stereocenters. The Morgan fingerprint density at radius 3 is 2.32 bits per heavy atom. The van der Waals surface area contributed by atoms with Crippen molar-refractivity contribution >= 4 is 11.9 Å². The molecule has 0 radical (unpaired) electrons. The van der Waals surface area contributed by atoms with Crippen LogP contribution in [-0.2, 0) is 9.53 Å². The number of benzene rings is 1. The summed E-state index contributed by atoms with van der Waals surface area (Å²) < 4.78 is 10.3. The molecule has 0 fully saturated rings. The maximum absolute atomic E-state index is 12.4. The number of hydrogen-bond donors (Lipinski definition) is 1. The summed E-state index contributed by atoms with van der Waals surface area (Å²) in [5.41, 5.74) is 0.512. The number of carboxylic acid groups (broad SMARTS) is 1. The van der Waals surface area contributed by atoms with Crippen molar-refractivity contribution in [1.82, 2.24) is 4.90 Å². The predicted octanol–water partition coefficient (Wildman–Crippen LogP) is 2.04. The van der Waals surface area contributed by atoms with Gasteiger partial charge in [-0.25, -0.2) is 0 Å². The van der Waals surface area contributed by atoms with Crippen molar-refractivity contribution in [1.29, 1.82) is 0 Å². The summed E-state index contributed by atoms with van der Waals surface area (Å²) in [5.74, 6) is -0.435. The van der Waals surface area contributed by atoms with Crippen molar-refractivity contribution in [2.24, 2.45) is 0 Å². The minimum Gasteiger partial charge on any atom is -0.491 e. The topological polar surface area (TPSA) is 76.1 Å². The highest BCUT2D eigenvalue weighted by molar-refractivity contribution is 5.94. The Kier molecular flexibility index (Phi) is 7.39. The quantitative estimate of drug-likeness (QED) is 0.706. The molecule has 0 aliphatic heterocycles. The summed E-state index contributed by atoms with van der Waals surface area (Å²) in [6.07, 6.45) is -0.0673. The van der Waals surface area contributed by atoms with Gasteiger partial charge < -0.3 is 19.5 Å². The van der Waals surface area contributed by atoms with E-state index in [4.69, 9.17) is 14.6 Å². The number of aliphatic carboxylic acids is 1. The zero-order valence-electron chi connectivity index (χ0n) is 13.2. The van der Waals surface area contributed by atoms with Gasteiger partial charge in [0.2, 0.25) is 0 Å². The van der Waals surface area contributed by atoms with Crippen molar-refractivity contribution in [3.63, 3.8) is 0 Å². The van der Waals surface area contributed by atoms with Gasteiger partial charge in [-0.2, -0.15) is 0 Å². The number of ether oxygens (including phenoxy) is 2. The van der Waals surface area contributed by atoms with Crippen LogP contribution in [0.1, 0.15) is 30.6 Å². The lowest BCUT2D eigenvalue weighted by atomic mass is 10.1. The summed E-state index contributed by atoms with van der Waals surface area (Å²) in [7, 11) is 1.60. The molecule has 0 aliphatic carbocycles. The number of hydrogen-bond acceptors (Lipinski definition) is 4. The Labute approximate surface area is 130 Å². The van der Waals surface area contributed by atoms with E-state index in [1.807, 2.05) is 13.8 Å². The standard InChI is InChI=1S/C16H23NO5/c1-12(2)17(9-8-15(18)19)16(20)13-4-6-14(7-5-13)22-11-10-21-3/h4-7,12H,8-11H2,1-3H3,(H,18,19). The first-order valence-corrected chi connectivity index (χ1v) is 7.20. The van der Waals surface area contributed by atoms with Gasteiger partial charge in [0.1, 0.15) is 12.4 Å². The van der Waals surface area contributed by atoms with Gasteiger partial charge in [-0.05, 0) is 38.1 Å². The molecule has 22 heavy (non-hydrogen) atoms. The second-order valence-corrected chi connectivity index (χ2v) is 5.10. The van der Waals surface area contributed by atoms with E-state index in [0.717, 1.165) is 0 Å². The fraction of sp³-hybridized carbons (Fsp3) is 0.500. The first-order chi connectivity index (χ1) is 10.5. The number of rotatable bonds is 9. The number of carboxylic acids is 1. The molecule has 1 amide bonds. The van der Waals surface area contributed by atoms with Crippen LogP contribution >= 0.6 is 0 Å². The number of carbonyl (C=O) groups excluding carboxylic acids is 1. The second kappa shape index (κ2) is 9.04. The smallest absolute Gasteiger partial charge is 0.305 e. The Hall–Kier alpha value is -2.08. The van der Waals surface area contributed by atoms with Crippen LogP contribution in [0.15, 0.2) is 24.3 Å². The molecule has 0 atom stereocenters. The Balaban J connectivity index is 2.71. The maximum Gasteiger partial charge on any atom is 0.305 e. The first-order valence-electron chi connectivity index (χ1n) is 7.20. The van der Waals surface area contributed by atoms with Crippen LogP contribution in [0.2, 0.25) is 0 Å². The van der Waals surface area contributed by atoms with Crippen molar-refractivity contribution in [3.05, 3.63) is 29.8 Å². The molecule has 0 spiro atoms. The van der Waals surface area contributed by atoms with E-state index in [1.54, 1.807) is 36.3 Å². The van der Waals surface area contributed by atoms with E-state index in [1.165, 1.54) is 0 Å². The van der Waals surface area contributed by atoms with E-state index in [0.29, 0.717) is 24.5 Å². The minimum atomic E-state index is -0.916. The molecule has 1 N–H and O–H groups in total. The fourth-order valence-electron chi connectivity index (χ4n) is 1.91. The maximum atomic E-state index is 12.4. The van der Waals surface area contributed by atoms with Gasteiger partial charge in [0, 0.05) is 25.3 Å². The van der Waals surface area contributed by atoms with Gasteiger partial charge in [-0.1, -0.05) is 0 Å². The van der Waals surface area contributed by atoms with Crippen molar-refractivity contribution in [2.45, 2.75) is 26.3 Å². The monoisotopic (exact) mass is 309 g/mol. The highest BCUT2D eigenvalue weighted by atomic mass is 16.5. The van der Waals surface area contributed by atoms with Crippen molar-refractivity contribution in [2.75, 3.05) is 26.9 Å². The molecule has 0 aliphatic rings. The van der Waals surface area contributed by atoms with Crippen LogP contribution in [0.25, 0.3) is 0 Å². The molecule has 1 aromatic carbocycles. The van der Waals surface area contributed by atoms with E-state index in [-0.39, 0.29) is 24.9 Å². The van der Waals surface area contributed by atoms with E-state index >= 15 is 0 Å². The van der Waals surface area contributed by atoms with Crippen LogP contribution in [0.5, 0.6) is 5.75 Å². The SMILES string of the molecule is COCCOc1ccc(C(=O)N(CCC(=O)O)C(C)C)cc1. The van der Waals surface area contributed by atoms with Crippen LogP contribution in [0.4, 0.5) is 0 Å². The van der Waals surface area contributed by atoms with Crippen LogP contribution in [0.3, 0.4) is 0 Å². The average molecular weight is 309 g/mol. The normalized spacial score (nSPS) is 10.5. The Bertz CT molecular complexity index is 484. The number of nitrogens with zero attached hydrogens (tertiary/aromatic N) is 1. The number of methoxy groups -OCH3 is 1. The van der Waals surface area contributed by atoms with E-state index in [9.17, 15) is 9.59 Å². The summed E-state index contributed by atoms with van der Waals surface area (Å²) in [6, 6.07) is 6.74. The third-order valence-corrected chi connectivity index (χ3v) is 3.11. The second-order valence-electron chi connectivity index (χ2n) is 5.10. The van der Waals surface area contributed by atoms with Crippen LogP contribution < -0.4 is 4.74 Å². The van der Waals surface area contributed by atoms with E-state index < -0.39 is 5.97 Å². The lowest BCUT2D eigenvalue weighted by Gasteiger charge is -2.26. The van der Waals surface area contributed by atoms with E-state index in [2.05, 4.69) is 0 Å². The molecule has 0 bridgehead atoms. The molecular weight excluding hydrogens is 286 g/mol. The highest BCUT2D eigenvalue weighted by Crippen LogP contribution is 2.15. The molecule has 0 heterocycles. The summed E-state index contributed by atoms with van der Waals surface area (Å²) in [5, 5.41) is 8.77. The van der Waals surface area contributed by atoms with Gasteiger partial charge in [-0.15, -0.1) is 0 Å². The summed E-state index contributed by atoms with van der Waals surface area (Å²) in [4.78, 5) is 24.7.